The molecular formula is C12H14ClNO4S. The van der Waals surface area contributed by atoms with Crippen LogP contribution in [0.5, 0.6) is 0 Å². The fraction of sp³-hybridized carbons (Fsp3) is 0.417. The van der Waals surface area contributed by atoms with Gasteiger partial charge in [-0.15, -0.1) is 0 Å². The van der Waals surface area contributed by atoms with E-state index in [1.807, 2.05) is 12.1 Å². The molecule has 0 spiro atoms. The molecule has 0 bridgehead atoms. The van der Waals surface area contributed by atoms with Gasteiger partial charge in [-0.3, -0.25) is 4.79 Å². The highest BCUT2D eigenvalue weighted by molar-refractivity contribution is 8.14. The second kappa shape index (κ2) is 5.48. The Balaban J connectivity index is 2.23. The van der Waals surface area contributed by atoms with Crippen LogP contribution in [0.1, 0.15) is 12.0 Å². The van der Waals surface area contributed by atoms with Gasteiger partial charge in [-0.1, -0.05) is 12.1 Å². The lowest BCUT2D eigenvalue weighted by Gasteiger charge is -2.17. The number of anilines is 1. The van der Waals surface area contributed by atoms with E-state index in [2.05, 4.69) is 0 Å². The molecule has 1 aromatic rings. The van der Waals surface area contributed by atoms with Gasteiger partial charge in [-0.25, -0.2) is 8.42 Å². The van der Waals surface area contributed by atoms with Crippen LogP contribution in [-0.4, -0.2) is 33.2 Å². The number of nitrogens with zero attached hydrogens (tertiary/aromatic N) is 1. The molecule has 1 heterocycles. The van der Waals surface area contributed by atoms with Gasteiger partial charge in [0.15, 0.2) is 0 Å². The van der Waals surface area contributed by atoms with Gasteiger partial charge in [0.25, 0.3) is 0 Å². The number of halogens is 1. The molecule has 1 unspecified atom stereocenters. The Morgan fingerprint density at radius 2 is 2.21 bits per heavy atom. The van der Waals surface area contributed by atoms with E-state index in [1.165, 1.54) is 4.90 Å². The molecule has 1 saturated heterocycles. The summed E-state index contributed by atoms with van der Waals surface area (Å²) in [6.07, 6.45) is -0.0691. The number of carbonyl (C=O) groups is 1. The summed E-state index contributed by atoms with van der Waals surface area (Å²) in [6.45, 7) is 0.536. The molecule has 1 fully saturated rings. The average molecular weight is 304 g/mol. The lowest BCUT2D eigenvalue weighted by atomic mass is 10.2. The average Bonchev–Trinajstić information content (AvgIpc) is 2.72. The van der Waals surface area contributed by atoms with Gasteiger partial charge >= 0.3 is 0 Å². The first kappa shape index (κ1) is 14.3. The zero-order valence-electron chi connectivity index (χ0n) is 10.4. The molecule has 1 aliphatic heterocycles. The molecule has 0 N–H and O–H groups in total. The first-order chi connectivity index (χ1) is 8.91. The molecule has 1 aromatic carbocycles. The quantitative estimate of drug-likeness (QED) is 0.791. The zero-order chi connectivity index (χ0) is 14.0. The Hall–Kier alpha value is -1.11. The van der Waals surface area contributed by atoms with Crippen LogP contribution in [-0.2, 0) is 25.2 Å². The molecule has 7 heteroatoms. The van der Waals surface area contributed by atoms with Gasteiger partial charge in [0.2, 0.25) is 15.0 Å². The summed E-state index contributed by atoms with van der Waals surface area (Å²) in [5, 5.41) is -0.840. The van der Waals surface area contributed by atoms with Gasteiger partial charge in [-0.2, -0.15) is 0 Å². The molecule has 0 radical (unpaired) electrons. The maximum absolute atomic E-state index is 11.9. The lowest BCUT2D eigenvalue weighted by Crippen LogP contribution is -2.26. The molecule has 0 aromatic heterocycles. The molecule has 0 saturated carbocycles. The second-order valence-electron chi connectivity index (χ2n) is 4.41. The van der Waals surface area contributed by atoms with Crippen molar-refractivity contribution in [2.45, 2.75) is 18.3 Å². The summed E-state index contributed by atoms with van der Waals surface area (Å²) in [6, 6.07) is 7.26. The maximum atomic E-state index is 11.9. The van der Waals surface area contributed by atoms with E-state index < -0.39 is 14.3 Å². The minimum atomic E-state index is -3.71. The lowest BCUT2D eigenvalue weighted by molar-refractivity contribution is -0.117. The molecule has 1 atom stereocenters. The highest BCUT2D eigenvalue weighted by Crippen LogP contribution is 2.27. The molecule has 0 aliphatic carbocycles. The molecule has 104 valence electrons. The monoisotopic (exact) mass is 303 g/mol. The maximum Gasteiger partial charge on any atom is 0.237 e. The Morgan fingerprint density at radius 1 is 1.47 bits per heavy atom. The summed E-state index contributed by atoms with van der Waals surface area (Å²) < 4.78 is 27.6. The number of methoxy groups -OCH3 is 1. The zero-order valence-corrected chi connectivity index (χ0v) is 11.9. The van der Waals surface area contributed by atoms with Crippen molar-refractivity contribution in [1.82, 2.24) is 0 Å². The molecule has 19 heavy (non-hydrogen) atoms. The predicted octanol–water partition coefficient (Wildman–Crippen LogP) is 1.51. The normalized spacial score (nSPS) is 20.0. The largest absolute Gasteiger partial charge is 0.380 e. The second-order valence-corrected chi connectivity index (χ2v) is 7.32. The van der Waals surface area contributed by atoms with Crippen molar-refractivity contribution in [2.24, 2.45) is 0 Å². The van der Waals surface area contributed by atoms with Crippen LogP contribution in [0.15, 0.2) is 24.3 Å². The number of hydrogen-bond acceptors (Lipinski definition) is 4. The van der Waals surface area contributed by atoms with Crippen LogP contribution in [0.4, 0.5) is 5.69 Å². The van der Waals surface area contributed by atoms with E-state index in [0.29, 0.717) is 12.3 Å². The van der Waals surface area contributed by atoms with Crippen LogP contribution in [0, 0.1) is 0 Å². The molecular weight excluding hydrogens is 290 g/mol. The van der Waals surface area contributed by atoms with Crippen LogP contribution >= 0.6 is 10.7 Å². The summed E-state index contributed by atoms with van der Waals surface area (Å²) >= 11 is 0. The Morgan fingerprint density at radius 3 is 2.79 bits per heavy atom. The number of benzene rings is 1. The Bertz CT molecular complexity index is 587. The van der Waals surface area contributed by atoms with Crippen LogP contribution in [0.3, 0.4) is 0 Å². The third kappa shape index (κ3) is 3.26. The summed E-state index contributed by atoms with van der Waals surface area (Å²) in [5.41, 5.74) is 1.59. The number of amides is 1. The minimum Gasteiger partial charge on any atom is -0.380 e. The van der Waals surface area contributed by atoms with E-state index in [1.54, 1.807) is 19.2 Å². The molecule has 1 amide bonds. The van der Waals surface area contributed by atoms with Crippen molar-refractivity contribution in [1.29, 1.82) is 0 Å². The SMILES string of the molecule is COCc1cccc(N2CC(S(=O)(=O)Cl)CC2=O)c1. The highest BCUT2D eigenvalue weighted by atomic mass is 35.7. The third-order valence-electron chi connectivity index (χ3n) is 3.02. The highest BCUT2D eigenvalue weighted by Gasteiger charge is 2.37. The van der Waals surface area contributed by atoms with E-state index >= 15 is 0 Å². The minimum absolute atomic E-state index is 0.0691. The third-order valence-corrected chi connectivity index (χ3v) is 4.89. The first-order valence-corrected chi connectivity index (χ1v) is 8.11. The van der Waals surface area contributed by atoms with Crippen molar-refractivity contribution in [3.05, 3.63) is 29.8 Å². The number of ether oxygens (including phenoxy) is 1. The van der Waals surface area contributed by atoms with Crippen molar-refractivity contribution in [2.75, 3.05) is 18.6 Å². The molecule has 5 nitrogen and oxygen atoms in total. The van der Waals surface area contributed by atoms with Crippen molar-refractivity contribution in [3.8, 4) is 0 Å². The summed E-state index contributed by atoms with van der Waals surface area (Å²) in [5.74, 6) is -0.233. The molecule has 2 rings (SSSR count). The standard InChI is InChI=1S/C12H14ClNO4S/c1-18-8-9-3-2-4-10(5-9)14-7-11(6-12(14)15)19(13,16)17/h2-5,11H,6-8H2,1H3. The smallest absolute Gasteiger partial charge is 0.237 e. The predicted molar refractivity (Wildman–Crippen MR) is 72.7 cm³/mol. The Kier molecular flexibility index (Phi) is 4.13. The van der Waals surface area contributed by atoms with E-state index in [4.69, 9.17) is 15.4 Å². The van der Waals surface area contributed by atoms with Crippen LogP contribution in [0.2, 0.25) is 0 Å². The van der Waals surface area contributed by atoms with Gasteiger partial charge in [0, 0.05) is 36.4 Å². The van der Waals surface area contributed by atoms with Crippen molar-refractivity contribution < 1.29 is 17.9 Å². The topological polar surface area (TPSA) is 63.7 Å². The fourth-order valence-electron chi connectivity index (χ4n) is 2.09. The van der Waals surface area contributed by atoms with Crippen LogP contribution < -0.4 is 4.90 Å². The van der Waals surface area contributed by atoms with E-state index in [0.717, 1.165) is 5.56 Å². The van der Waals surface area contributed by atoms with Gasteiger partial charge in [0.1, 0.15) is 5.25 Å². The van der Waals surface area contributed by atoms with E-state index in [9.17, 15) is 13.2 Å². The number of carbonyl (C=O) groups excluding carboxylic acids is 1. The number of rotatable bonds is 4. The molecule has 1 aliphatic rings. The summed E-state index contributed by atoms with van der Waals surface area (Å²) in [7, 11) is 3.19. The van der Waals surface area contributed by atoms with Crippen molar-refractivity contribution >= 4 is 31.3 Å². The number of hydrogen-bond donors (Lipinski definition) is 0. The first-order valence-electron chi connectivity index (χ1n) is 5.73. The summed E-state index contributed by atoms with van der Waals surface area (Å²) in [4.78, 5) is 13.3. The van der Waals surface area contributed by atoms with E-state index in [-0.39, 0.29) is 18.9 Å². The van der Waals surface area contributed by atoms with Gasteiger partial charge in [0.05, 0.1) is 6.61 Å². The van der Waals surface area contributed by atoms with Gasteiger partial charge < -0.3 is 9.64 Å². The fourth-order valence-corrected chi connectivity index (χ4v) is 3.12. The Labute approximate surface area is 116 Å². The van der Waals surface area contributed by atoms with Crippen molar-refractivity contribution in [3.63, 3.8) is 0 Å². The van der Waals surface area contributed by atoms with Gasteiger partial charge in [-0.05, 0) is 17.7 Å². The van der Waals surface area contributed by atoms with Crippen LogP contribution in [0.25, 0.3) is 0 Å².